The van der Waals surface area contributed by atoms with E-state index in [1.54, 1.807) is 25.7 Å². The number of nitrogens with two attached hydrogens (primary N) is 2. The number of aromatic nitrogens is 1. The monoisotopic (exact) mass is 368 g/mol. The van der Waals surface area contributed by atoms with Crippen molar-refractivity contribution in [3.05, 3.63) is 10.6 Å². The maximum absolute atomic E-state index is 12.3. The maximum Gasteiger partial charge on any atom is 0.407 e. The Kier molecular flexibility index (Phi) is 5.83. The molecule has 0 fully saturated rings. The number of nitrogens with one attached hydrogen (secondary N) is 1. The molecule has 0 aliphatic carbocycles. The molecule has 1 aromatic heterocycles. The summed E-state index contributed by atoms with van der Waals surface area (Å²) in [6.07, 6.45) is 0.358. The Morgan fingerprint density at radius 1 is 1.40 bits per heavy atom. The lowest BCUT2D eigenvalue weighted by molar-refractivity contribution is -0.131. The first-order valence-electron chi connectivity index (χ1n) is 7.97. The van der Waals surface area contributed by atoms with E-state index in [4.69, 9.17) is 16.2 Å². The van der Waals surface area contributed by atoms with Gasteiger partial charge in [0.2, 0.25) is 11.0 Å². The minimum Gasteiger partial charge on any atom is -0.444 e. The first kappa shape index (κ1) is 19.0. The fourth-order valence-electron chi connectivity index (χ4n) is 2.30. The third-order valence-electron chi connectivity index (χ3n) is 3.30. The number of hydrogen-bond acceptors (Lipinski definition) is 6. The molecule has 0 radical (unpaired) electrons. The Morgan fingerprint density at radius 2 is 2.12 bits per heavy atom. The van der Waals surface area contributed by atoms with Crippen LogP contribution in [0.2, 0.25) is 0 Å². The van der Waals surface area contributed by atoms with Crippen LogP contribution in [0.15, 0.2) is 4.99 Å². The van der Waals surface area contributed by atoms with E-state index in [1.807, 2.05) is 0 Å². The van der Waals surface area contributed by atoms with E-state index < -0.39 is 11.7 Å². The van der Waals surface area contributed by atoms with Crippen molar-refractivity contribution in [3.63, 3.8) is 0 Å². The molecule has 1 aliphatic rings. The lowest BCUT2D eigenvalue weighted by Gasteiger charge is -2.26. The van der Waals surface area contributed by atoms with Gasteiger partial charge in [0.05, 0.1) is 12.2 Å². The highest BCUT2D eigenvalue weighted by atomic mass is 32.1. The van der Waals surface area contributed by atoms with Crippen LogP contribution < -0.4 is 16.8 Å². The molecule has 2 heterocycles. The van der Waals surface area contributed by atoms with Gasteiger partial charge in [-0.3, -0.25) is 4.79 Å². The number of hydrogen-bond donors (Lipinski definition) is 3. The van der Waals surface area contributed by atoms with Crippen LogP contribution in [0.5, 0.6) is 0 Å². The molecular weight excluding hydrogens is 344 g/mol. The van der Waals surface area contributed by atoms with E-state index in [0.717, 1.165) is 10.6 Å². The van der Waals surface area contributed by atoms with Gasteiger partial charge < -0.3 is 26.4 Å². The fourth-order valence-corrected chi connectivity index (χ4v) is 3.31. The van der Waals surface area contributed by atoms with Crippen LogP contribution in [-0.2, 0) is 22.5 Å². The van der Waals surface area contributed by atoms with Crippen LogP contribution >= 0.6 is 11.3 Å². The lowest BCUT2D eigenvalue weighted by Crippen LogP contribution is -2.38. The average Bonchev–Trinajstić information content (AvgIpc) is 2.85. The summed E-state index contributed by atoms with van der Waals surface area (Å²) in [6.45, 7) is 6.67. The SMILES string of the molecule is CC(C)(C)OC(=O)NCCC(=O)N1CCc2nc(N=C(N)N)sc2C1. The molecule has 0 saturated carbocycles. The van der Waals surface area contributed by atoms with Crippen molar-refractivity contribution >= 4 is 34.4 Å². The van der Waals surface area contributed by atoms with Crippen LogP contribution in [0, 0.1) is 0 Å². The van der Waals surface area contributed by atoms with Gasteiger partial charge in [-0.25, -0.2) is 9.78 Å². The molecule has 25 heavy (non-hydrogen) atoms. The van der Waals surface area contributed by atoms with Crippen molar-refractivity contribution in [2.24, 2.45) is 16.5 Å². The molecule has 2 rings (SSSR count). The number of carbonyl (C=O) groups excluding carboxylic acids is 2. The van der Waals surface area contributed by atoms with Gasteiger partial charge in [0.15, 0.2) is 5.96 Å². The number of guanidine groups is 1. The van der Waals surface area contributed by atoms with Gasteiger partial charge in [-0.1, -0.05) is 11.3 Å². The van der Waals surface area contributed by atoms with E-state index in [-0.39, 0.29) is 24.8 Å². The van der Waals surface area contributed by atoms with Crippen molar-refractivity contribution in [1.82, 2.24) is 15.2 Å². The third kappa shape index (κ3) is 5.89. The standard InChI is InChI=1S/C15H24N6O3S/c1-15(2,3)24-14(23)18-6-4-11(22)21-7-5-9-10(8-21)25-13(19-9)20-12(16)17/h4-8H2,1-3H3,(H,18,23)(H4,16,17,19,20). The highest BCUT2D eigenvalue weighted by Crippen LogP contribution is 2.30. The van der Waals surface area contributed by atoms with E-state index in [2.05, 4.69) is 15.3 Å². The molecular formula is C15H24N6O3S. The molecule has 0 spiro atoms. The Morgan fingerprint density at radius 3 is 2.76 bits per heavy atom. The lowest BCUT2D eigenvalue weighted by atomic mass is 10.1. The Hall–Kier alpha value is -2.36. The van der Waals surface area contributed by atoms with Crippen molar-refractivity contribution in [1.29, 1.82) is 0 Å². The quantitative estimate of drug-likeness (QED) is 0.532. The maximum atomic E-state index is 12.3. The molecule has 138 valence electrons. The molecule has 9 nitrogen and oxygen atoms in total. The number of thiazole rings is 1. The molecule has 0 unspecified atom stereocenters. The molecule has 10 heteroatoms. The van der Waals surface area contributed by atoms with Crippen LogP contribution in [-0.4, -0.2) is 46.5 Å². The second kappa shape index (κ2) is 7.68. The van der Waals surface area contributed by atoms with Crippen LogP contribution in [0.3, 0.4) is 0 Å². The molecule has 1 aromatic rings. The fraction of sp³-hybridized carbons (Fsp3) is 0.600. The summed E-state index contributed by atoms with van der Waals surface area (Å²) in [7, 11) is 0. The minimum absolute atomic E-state index is 0.0292. The molecule has 1 aliphatic heterocycles. The number of nitrogens with zero attached hydrogens (tertiary/aromatic N) is 3. The van der Waals surface area contributed by atoms with Gasteiger partial charge in [-0.05, 0) is 20.8 Å². The molecule has 0 aromatic carbocycles. The summed E-state index contributed by atoms with van der Waals surface area (Å²) in [4.78, 5) is 34.9. The molecule has 5 N–H and O–H groups in total. The van der Waals surface area contributed by atoms with E-state index in [0.29, 0.717) is 24.6 Å². The number of amides is 2. The first-order valence-corrected chi connectivity index (χ1v) is 8.78. The molecule has 2 amide bonds. The zero-order chi connectivity index (χ0) is 18.6. The normalized spacial score (nSPS) is 13.8. The second-order valence-corrected chi connectivity index (χ2v) is 7.71. The van der Waals surface area contributed by atoms with Crippen LogP contribution in [0.4, 0.5) is 9.93 Å². The van der Waals surface area contributed by atoms with E-state index in [9.17, 15) is 9.59 Å². The number of rotatable bonds is 4. The summed E-state index contributed by atoms with van der Waals surface area (Å²) >= 11 is 1.38. The summed E-state index contributed by atoms with van der Waals surface area (Å²) in [5.41, 5.74) is 11.1. The zero-order valence-electron chi connectivity index (χ0n) is 14.7. The first-order chi connectivity index (χ1) is 11.6. The number of carbonyl (C=O) groups is 2. The molecule has 0 bridgehead atoms. The van der Waals surface area contributed by atoms with Gasteiger partial charge in [-0.2, -0.15) is 4.99 Å². The molecule has 0 saturated heterocycles. The summed E-state index contributed by atoms with van der Waals surface area (Å²) in [5.74, 6) is -0.0641. The summed E-state index contributed by atoms with van der Waals surface area (Å²) in [6, 6.07) is 0. The third-order valence-corrected chi connectivity index (χ3v) is 4.28. The highest BCUT2D eigenvalue weighted by Gasteiger charge is 2.24. The Balaban J connectivity index is 1.83. The number of fused-ring (bicyclic) bond motifs is 1. The van der Waals surface area contributed by atoms with Crippen LogP contribution in [0.1, 0.15) is 37.8 Å². The highest BCUT2D eigenvalue weighted by molar-refractivity contribution is 7.15. The average molecular weight is 368 g/mol. The number of ether oxygens (including phenoxy) is 1. The predicted molar refractivity (Wildman–Crippen MR) is 95.6 cm³/mol. The second-order valence-electron chi connectivity index (χ2n) is 6.65. The Bertz CT molecular complexity index is 675. The minimum atomic E-state index is -0.559. The van der Waals surface area contributed by atoms with Gasteiger partial charge in [0, 0.05) is 30.8 Å². The summed E-state index contributed by atoms with van der Waals surface area (Å²) in [5, 5.41) is 3.10. The van der Waals surface area contributed by atoms with Crippen molar-refractivity contribution in [2.75, 3.05) is 13.1 Å². The smallest absolute Gasteiger partial charge is 0.407 e. The van der Waals surface area contributed by atoms with Crippen LogP contribution in [0.25, 0.3) is 0 Å². The molecule has 0 atom stereocenters. The summed E-state index contributed by atoms with van der Waals surface area (Å²) < 4.78 is 5.13. The predicted octanol–water partition coefficient (Wildman–Crippen LogP) is 0.848. The van der Waals surface area contributed by atoms with Crippen molar-refractivity contribution in [2.45, 2.75) is 45.8 Å². The number of aliphatic imine (C=N–C) groups is 1. The topological polar surface area (TPSA) is 136 Å². The van der Waals surface area contributed by atoms with E-state index >= 15 is 0 Å². The van der Waals surface area contributed by atoms with E-state index in [1.165, 1.54) is 11.3 Å². The van der Waals surface area contributed by atoms with Gasteiger partial charge >= 0.3 is 6.09 Å². The van der Waals surface area contributed by atoms with Gasteiger partial charge in [-0.15, -0.1) is 0 Å². The largest absolute Gasteiger partial charge is 0.444 e. The zero-order valence-corrected chi connectivity index (χ0v) is 15.5. The van der Waals surface area contributed by atoms with Gasteiger partial charge in [0.1, 0.15) is 5.60 Å². The van der Waals surface area contributed by atoms with Crippen molar-refractivity contribution < 1.29 is 14.3 Å². The Labute approximate surface area is 150 Å². The van der Waals surface area contributed by atoms with Gasteiger partial charge in [0.25, 0.3) is 0 Å². The number of alkyl carbamates (subject to hydrolysis) is 1. The van der Waals surface area contributed by atoms with Crippen molar-refractivity contribution in [3.8, 4) is 0 Å².